The molecule has 0 saturated heterocycles. The molecule has 1 heterocycles. The smallest absolute Gasteiger partial charge is 0.157 e. The van der Waals surface area contributed by atoms with Gasteiger partial charge in [0.1, 0.15) is 0 Å². The lowest BCUT2D eigenvalue weighted by Crippen LogP contribution is -1.99. The van der Waals surface area contributed by atoms with E-state index < -0.39 is 0 Å². The van der Waals surface area contributed by atoms with Gasteiger partial charge in [-0.1, -0.05) is 23.7 Å². The Bertz CT molecular complexity index is 424. The number of para-hydroxylation sites is 1. The highest BCUT2D eigenvalue weighted by Crippen LogP contribution is 2.18. The zero-order chi connectivity index (χ0) is 9.26. The van der Waals surface area contributed by atoms with Crippen molar-refractivity contribution in [3.05, 3.63) is 42.0 Å². The van der Waals surface area contributed by atoms with Crippen molar-refractivity contribution in [3.8, 4) is 5.69 Å². The second-order valence-electron chi connectivity index (χ2n) is 2.46. The molecule has 0 amide bonds. The Kier molecular flexibility index (Phi) is 1.98. The van der Waals surface area contributed by atoms with E-state index >= 15 is 0 Å². The fourth-order valence-electron chi connectivity index (χ4n) is 1.02. The second kappa shape index (κ2) is 3.14. The van der Waals surface area contributed by atoms with Gasteiger partial charge in [-0.25, -0.2) is 0 Å². The summed E-state index contributed by atoms with van der Waals surface area (Å²) in [4.78, 5) is 0. The van der Waals surface area contributed by atoms with Crippen LogP contribution in [0.5, 0.6) is 0 Å². The molecule has 1 aromatic heterocycles. The molecule has 13 heavy (non-hydrogen) atoms. The summed E-state index contributed by atoms with van der Waals surface area (Å²) < 4.78 is 1.49. The summed E-state index contributed by atoms with van der Waals surface area (Å²) in [5, 5.41) is 11.5. The van der Waals surface area contributed by atoms with Gasteiger partial charge < -0.3 is 0 Å². The SMILES string of the molecule is [CH2]c1nnnn1-c1ccccc1Cl. The topological polar surface area (TPSA) is 43.6 Å². The average molecular weight is 194 g/mol. The summed E-state index contributed by atoms with van der Waals surface area (Å²) >= 11 is 5.94. The number of rotatable bonds is 1. The first-order chi connectivity index (χ1) is 6.29. The van der Waals surface area contributed by atoms with Gasteiger partial charge in [-0.3, -0.25) is 0 Å². The summed E-state index contributed by atoms with van der Waals surface area (Å²) in [6.07, 6.45) is 0. The fraction of sp³-hybridized carbons (Fsp3) is 0. The Morgan fingerprint density at radius 3 is 2.69 bits per heavy atom. The second-order valence-corrected chi connectivity index (χ2v) is 2.87. The van der Waals surface area contributed by atoms with Crippen molar-refractivity contribution in [1.82, 2.24) is 20.2 Å². The quantitative estimate of drug-likeness (QED) is 0.690. The molecule has 0 spiro atoms. The maximum atomic E-state index is 5.94. The van der Waals surface area contributed by atoms with E-state index in [1.165, 1.54) is 4.68 Å². The van der Waals surface area contributed by atoms with E-state index in [4.69, 9.17) is 11.6 Å². The number of halogens is 1. The molecule has 1 radical (unpaired) electrons. The molecule has 0 unspecified atom stereocenters. The van der Waals surface area contributed by atoms with Crippen LogP contribution in [0.25, 0.3) is 5.69 Å². The number of benzene rings is 1. The van der Waals surface area contributed by atoms with Gasteiger partial charge in [0.05, 0.1) is 10.7 Å². The van der Waals surface area contributed by atoms with Crippen LogP contribution in [0.4, 0.5) is 0 Å². The van der Waals surface area contributed by atoms with E-state index in [9.17, 15) is 0 Å². The highest BCUT2D eigenvalue weighted by atomic mass is 35.5. The Morgan fingerprint density at radius 1 is 1.31 bits per heavy atom. The Hall–Kier alpha value is -1.42. The molecule has 4 nitrogen and oxygen atoms in total. The molecule has 0 bridgehead atoms. The molecular weight excluding hydrogens is 188 g/mol. The maximum Gasteiger partial charge on any atom is 0.157 e. The van der Waals surface area contributed by atoms with Crippen LogP contribution in [0, 0.1) is 6.92 Å². The van der Waals surface area contributed by atoms with Crippen molar-refractivity contribution in [1.29, 1.82) is 0 Å². The first-order valence-electron chi connectivity index (χ1n) is 3.64. The largest absolute Gasteiger partial charge is 0.196 e. The van der Waals surface area contributed by atoms with Gasteiger partial charge in [0.15, 0.2) is 5.82 Å². The molecule has 0 aliphatic carbocycles. The lowest BCUT2D eigenvalue weighted by atomic mass is 10.3. The van der Waals surface area contributed by atoms with Crippen LogP contribution in [-0.2, 0) is 0 Å². The minimum absolute atomic E-state index is 0.466. The minimum Gasteiger partial charge on any atom is -0.196 e. The molecule has 2 aromatic rings. The predicted molar refractivity (Wildman–Crippen MR) is 48.6 cm³/mol. The molecule has 0 atom stereocenters. The Labute approximate surface area is 80.1 Å². The predicted octanol–water partition coefficient (Wildman–Crippen LogP) is 1.50. The molecule has 5 heteroatoms. The standard InChI is InChI=1S/C8H6ClN4/c1-6-10-11-12-13(6)8-5-3-2-4-7(8)9/h2-5H,1H2. The monoisotopic (exact) mass is 193 g/mol. The van der Waals surface area contributed by atoms with Gasteiger partial charge in [-0.05, 0) is 22.6 Å². The average Bonchev–Trinajstić information content (AvgIpc) is 2.52. The molecule has 1 aromatic carbocycles. The van der Waals surface area contributed by atoms with E-state index in [2.05, 4.69) is 22.4 Å². The molecule has 0 fully saturated rings. The van der Waals surface area contributed by atoms with Gasteiger partial charge in [0.2, 0.25) is 0 Å². The van der Waals surface area contributed by atoms with E-state index in [0.717, 1.165) is 5.69 Å². The Morgan fingerprint density at radius 2 is 2.08 bits per heavy atom. The van der Waals surface area contributed by atoms with Gasteiger partial charge >= 0.3 is 0 Å². The first-order valence-corrected chi connectivity index (χ1v) is 4.02. The lowest BCUT2D eigenvalue weighted by Gasteiger charge is -2.02. The molecule has 0 aliphatic rings. The van der Waals surface area contributed by atoms with E-state index in [1.54, 1.807) is 6.07 Å². The van der Waals surface area contributed by atoms with E-state index in [0.29, 0.717) is 10.8 Å². The zero-order valence-corrected chi connectivity index (χ0v) is 7.44. The summed E-state index contributed by atoms with van der Waals surface area (Å²) in [6, 6.07) is 7.31. The van der Waals surface area contributed by atoms with Crippen molar-refractivity contribution < 1.29 is 0 Å². The van der Waals surface area contributed by atoms with Crippen molar-refractivity contribution >= 4 is 11.6 Å². The number of aromatic nitrogens is 4. The summed E-state index contributed by atoms with van der Waals surface area (Å²) in [5.41, 5.74) is 0.735. The molecule has 0 saturated carbocycles. The summed E-state index contributed by atoms with van der Waals surface area (Å²) in [7, 11) is 0. The fourth-order valence-corrected chi connectivity index (χ4v) is 1.23. The maximum absolute atomic E-state index is 5.94. The van der Waals surface area contributed by atoms with Crippen LogP contribution in [0.15, 0.2) is 24.3 Å². The Balaban J connectivity index is 2.59. The van der Waals surface area contributed by atoms with Crippen LogP contribution >= 0.6 is 11.6 Å². The number of nitrogens with zero attached hydrogens (tertiary/aromatic N) is 4. The van der Waals surface area contributed by atoms with Crippen LogP contribution in [0.2, 0.25) is 5.02 Å². The summed E-state index contributed by atoms with van der Waals surface area (Å²) in [5.74, 6) is 0.466. The number of hydrogen-bond donors (Lipinski definition) is 0. The third kappa shape index (κ3) is 1.40. The van der Waals surface area contributed by atoms with Crippen molar-refractivity contribution in [2.24, 2.45) is 0 Å². The van der Waals surface area contributed by atoms with Crippen molar-refractivity contribution in [2.45, 2.75) is 0 Å². The highest BCUT2D eigenvalue weighted by molar-refractivity contribution is 6.32. The lowest BCUT2D eigenvalue weighted by molar-refractivity contribution is 0.785. The third-order valence-electron chi connectivity index (χ3n) is 1.61. The van der Waals surface area contributed by atoms with Crippen molar-refractivity contribution in [2.75, 3.05) is 0 Å². The third-order valence-corrected chi connectivity index (χ3v) is 1.93. The van der Waals surface area contributed by atoms with Crippen LogP contribution in [-0.4, -0.2) is 20.2 Å². The van der Waals surface area contributed by atoms with Gasteiger partial charge in [-0.15, -0.1) is 5.10 Å². The van der Waals surface area contributed by atoms with Crippen molar-refractivity contribution in [3.63, 3.8) is 0 Å². The van der Waals surface area contributed by atoms with Crippen LogP contribution in [0.3, 0.4) is 0 Å². The molecular formula is C8H6ClN4. The molecule has 0 N–H and O–H groups in total. The first kappa shape index (κ1) is 8.19. The van der Waals surface area contributed by atoms with Crippen LogP contribution in [0.1, 0.15) is 5.82 Å². The van der Waals surface area contributed by atoms with Crippen LogP contribution < -0.4 is 0 Å². The highest BCUT2D eigenvalue weighted by Gasteiger charge is 2.05. The minimum atomic E-state index is 0.466. The van der Waals surface area contributed by atoms with E-state index in [1.807, 2.05) is 18.2 Å². The van der Waals surface area contributed by atoms with Gasteiger partial charge in [0, 0.05) is 6.92 Å². The number of hydrogen-bond acceptors (Lipinski definition) is 3. The van der Waals surface area contributed by atoms with Gasteiger partial charge in [0.25, 0.3) is 0 Å². The molecule has 2 rings (SSSR count). The molecule has 0 aliphatic heterocycles. The van der Waals surface area contributed by atoms with E-state index in [-0.39, 0.29) is 0 Å². The zero-order valence-electron chi connectivity index (χ0n) is 6.68. The molecule has 65 valence electrons. The van der Waals surface area contributed by atoms with Gasteiger partial charge in [-0.2, -0.15) is 4.68 Å². The normalized spacial score (nSPS) is 10.3. The number of tetrazole rings is 1. The summed E-state index contributed by atoms with van der Waals surface area (Å²) in [6.45, 7) is 3.67.